The molecule has 114 valence electrons. The second-order valence-corrected chi connectivity index (χ2v) is 5.23. The van der Waals surface area contributed by atoms with Gasteiger partial charge in [0.2, 0.25) is 5.91 Å². The summed E-state index contributed by atoms with van der Waals surface area (Å²) in [5.74, 6) is -1.53. The van der Waals surface area contributed by atoms with E-state index in [1.54, 1.807) is 0 Å². The highest BCUT2D eigenvalue weighted by Crippen LogP contribution is 2.24. The molecule has 1 saturated heterocycles. The molecule has 3 N–H and O–H groups in total. The Morgan fingerprint density at radius 2 is 2.10 bits per heavy atom. The van der Waals surface area contributed by atoms with Gasteiger partial charge in [-0.1, -0.05) is 18.2 Å². The molecule has 21 heavy (non-hydrogen) atoms. The fourth-order valence-corrected chi connectivity index (χ4v) is 2.45. The van der Waals surface area contributed by atoms with Crippen LogP contribution in [-0.2, 0) is 14.3 Å². The normalized spacial score (nSPS) is 21.2. The van der Waals surface area contributed by atoms with E-state index in [1.165, 1.54) is 4.90 Å². The number of anilines is 1. The Bertz CT molecular complexity index is 532. The molecule has 1 amide bonds. The Labute approximate surface area is 123 Å². The number of carboxylic acid groups (broad SMARTS) is 1. The summed E-state index contributed by atoms with van der Waals surface area (Å²) in [4.78, 5) is 25.1. The molecule has 0 spiro atoms. The van der Waals surface area contributed by atoms with E-state index in [1.807, 2.05) is 31.2 Å². The Kier molecular flexibility index (Phi) is 4.93. The van der Waals surface area contributed by atoms with Gasteiger partial charge in [0.1, 0.15) is 0 Å². The highest BCUT2D eigenvalue weighted by atomic mass is 16.5. The van der Waals surface area contributed by atoms with Crippen molar-refractivity contribution in [3.8, 4) is 0 Å². The number of rotatable bonds is 5. The Hall–Kier alpha value is -1.92. The summed E-state index contributed by atoms with van der Waals surface area (Å²) in [6, 6.07) is 7.07. The van der Waals surface area contributed by atoms with Crippen molar-refractivity contribution >= 4 is 17.6 Å². The first kappa shape index (κ1) is 15.5. The molecule has 6 heteroatoms. The van der Waals surface area contributed by atoms with Crippen molar-refractivity contribution in [2.45, 2.75) is 19.4 Å². The lowest BCUT2D eigenvalue weighted by atomic mass is 10.0. The zero-order valence-electron chi connectivity index (χ0n) is 12.0. The minimum absolute atomic E-state index is 0.108. The third-order valence-electron chi connectivity index (χ3n) is 3.66. The SMILES string of the molecule is Cc1ccccc1N(CCC(=O)O)C(=O)C1COCC1N. The maximum Gasteiger partial charge on any atom is 0.305 e. The maximum atomic E-state index is 12.7. The van der Waals surface area contributed by atoms with Crippen molar-refractivity contribution in [1.29, 1.82) is 0 Å². The summed E-state index contributed by atoms with van der Waals surface area (Å²) >= 11 is 0. The Balaban J connectivity index is 2.25. The summed E-state index contributed by atoms with van der Waals surface area (Å²) in [6.45, 7) is 2.66. The number of carbonyl (C=O) groups is 2. The van der Waals surface area contributed by atoms with Gasteiger partial charge >= 0.3 is 5.97 Å². The number of aliphatic carboxylic acids is 1. The summed E-state index contributed by atoms with van der Waals surface area (Å²) in [7, 11) is 0. The van der Waals surface area contributed by atoms with Crippen LogP contribution in [0.5, 0.6) is 0 Å². The van der Waals surface area contributed by atoms with Gasteiger partial charge in [-0.05, 0) is 18.6 Å². The molecule has 2 unspecified atom stereocenters. The van der Waals surface area contributed by atoms with Crippen LogP contribution < -0.4 is 10.6 Å². The molecule has 1 fully saturated rings. The highest BCUT2D eigenvalue weighted by Gasteiger charge is 2.35. The second kappa shape index (κ2) is 6.69. The third-order valence-corrected chi connectivity index (χ3v) is 3.66. The van der Waals surface area contributed by atoms with Gasteiger partial charge in [-0.3, -0.25) is 9.59 Å². The van der Waals surface area contributed by atoms with Crippen molar-refractivity contribution in [2.75, 3.05) is 24.7 Å². The fraction of sp³-hybridized carbons (Fsp3) is 0.467. The van der Waals surface area contributed by atoms with Crippen LogP contribution in [0.2, 0.25) is 0 Å². The minimum atomic E-state index is -0.937. The van der Waals surface area contributed by atoms with E-state index in [2.05, 4.69) is 0 Å². The molecule has 1 aliphatic heterocycles. The summed E-state index contributed by atoms with van der Waals surface area (Å²) in [5, 5.41) is 8.89. The third kappa shape index (κ3) is 3.59. The topological polar surface area (TPSA) is 92.9 Å². The average Bonchev–Trinajstić information content (AvgIpc) is 2.86. The summed E-state index contributed by atoms with van der Waals surface area (Å²) < 4.78 is 5.24. The number of nitrogens with two attached hydrogens (primary N) is 1. The first-order chi connectivity index (χ1) is 10.0. The van der Waals surface area contributed by atoms with Crippen molar-refractivity contribution in [3.63, 3.8) is 0 Å². The molecule has 1 aromatic carbocycles. The van der Waals surface area contributed by atoms with Crippen molar-refractivity contribution < 1.29 is 19.4 Å². The van der Waals surface area contributed by atoms with E-state index in [4.69, 9.17) is 15.6 Å². The zero-order valence-corrected chi connectivity index (χ0v) is 12.0. The number of hydrogen-bond acceptors (Lipinski definition) is 4. The van der Waals surface area contributed by atoms with Gasteiger partial charge in [0.05, 0.1) is 25.6 Å². The number of benzene rings is 1. The highest BCUT2D eigenvalue weighted by molar-refractivity contribution is 5.96. The van der Waals surface area contributed by atoms with Crippen LogP contribution >= 0.6 is 0 Å². The largest absolute Gasteiger partial charge is 0.481 e. The number of carbonyl (C=O) groups excluding carboxylic acids is 1. The van der Waals surface area contributed by atoms with E-state index in [9.17, 15) is 9.59 Å². The van der Waals surface area contributed by atoms with Gasteiger partial charge in [-0.15, -0.1) is 0 Å². The van der Waals surface area contributed by atoms with Crippen LogP contribution in [0.15, 0.2) is 24.3 Å². The molecule has 0 aromatic heterocycles. The zero-order chi connectivity index (χ0) is 15.4. The van der Waals surface area contributed by atoms with E-state index in [0.717, 1.165) is 11.3 Å². The fourth-order valence-electron chi connectivity index (χ4n) is 2.45. The lowest BCUT2D eigenvalue weighted by molar-refractivity contribution is -0.136. The van der Waals surface area contributed by atoms with Gasteiger partial charge in [0, 0.05) is 18.3 Å². The number of para-hydroxylation sites is 1. The van der Waals surface area contributed by atoms with Crippen LogP contribution in [0.4, 0.5) is 5.69 Å². The Morgan fingerprint density at radius 3 is 2.67 bits per heavy atom. The first-order valence-corrected chi connectivity index (χ1v) is 6.93. The molecule has 0 bridgehead atoms. The predicted molar refractivity (Wildman–Crippen MR) is 78.1 cm³/mol. The van der Waals surface area contributed by atoms with Crippen molar-refractivity contribution in [1.82, 2.24) is 0 Å². The quantitative estimate of drug-likeness (QED) is 0.836. The molecule has 2 rings (SSSR count). The lowest BCUT2D eigenvalue weighted by Crippen LogP contribution is -2.44. The Morgan fingerprint density at radius 1 is 1.38 bits per heavy atom. The van der Waals surface area contributed by atoms with Gasteiger partial charge in [-0.2, -0.15) is 0 Å². The smallest absolute Gasteiger partial charge is 0.305 e. The van der Waals surface area contributed by atoms with Crippen LogP contribution in [0.1, 0.15) is 12.0 Å². The van der Waals surface area contributed by atoms with Gasteiger partial charge in [0.25, 0.3) is 0 Å². The predicted octanol–water partition coefficient (Wildman–Crippen LogP) is 0.776. The standard InChI is InChI=1S/C15H20N2O4/c1-10-4-2-3-5-13(10)17(7-6-14(18)19)15(20)11-8-21-9-12(11)16/h2-5,11-12H,6-9,16H2,1H3,(H,18,19). The van der Waals surface area contributed by atoms with Crippen molar-refractivity contribution in [3.05, 3.63) is 29.8 Å². The van der Waals surface area contributed by atoms with E-state index in [0.29, 0.717) is 6.61 Å². The molecular formula is C15H20N2O4. The molecule has 6 nitrogen and oxygen atoms in total. The molecule has 0 radical (unpaired) electrons. The molecular weight excluding hydrogens is 272 g/mol. The molecule has 0 aliphatic carbocycles. The van der Waals surface area contributed by atoms with Crippen LogP contribution in [0.25, 0.3) is 0 Å². The van der Waals surface area contributed by atoms with Gasteiger partial charge in [-0.25, -0.2) is 0 Å². The number of hydrogen-bond donors (Lipinski definition) is 2. The van der Waals surface area contributed by atoms with Crippen LogP contribution in [0, 0.1) is 12.8 Å². The summed E-state index contributed by atoms with van der Waals surface area (Å²) in [6.07, 6.45) is -0.108. The average molecular weight is 292 g/mol. The lowest BCUT2D eigenvalue weighted by Gasteiger charge is -2.27. The monoisotopic (exact) mass is 292 g/mol. The number of carboxylic acids is 1. The van der Waals surface area contributed by atoms with Crippen LogP contribution in [0.3, 0.4) is 0 Å². The molecule has 1 heterocycles. The maximum absolute atomic E-state index is 12.7. The number of nitrogens with zero attached hydrogens (tertiary/aromatic N) is 1. The molecule has 2 atom stereocenters. The van der Waals surface area contributed by atoms with Crippen molar-refractivity contribution in [2.24, 2.45) is 11.7 Å². The van der Waals surface area contributed by atoms with Gasteiger partial charge in [0.15, 0.2) is 0 Å². The second-order valence-electron chi connectivity index (χ2n) is 5.23. The number of amides is 1. The van der Waals surface area contributed by atoms with Gasteiger partial charge < -0.3 is 20.5 Å². The van der Waals surface area contributed by atoms with Crippen LogP contribution in [-0.4, -0.2) is 42.8 Å². The molecule has 1 aromatic rings. The van der Waals surface area contributed by atoms with E-state index >= 15 is 0 Å². The summed E-state index contributed by atoms with van der Waals surface area (Å²) in [5.41, 5.74) is 7.55. The molecule has 1 aliphatic rings. The first-order valence-electron chi connectivity index (χ1n) is 6.93. The van der Waals surface area contributed by atoms with E-state index < -0.39 is 11.9 Å². The van der Waals surface area contributed by atoms with E-state index in [-0.39, 0.29) is 31.5 Å². The number of ether oxygens (including phenoxy) is 1. The number of aryl methyl sites for hydroxylation is 1. The molecule has 0 saturated carbocycles. The minimum Gasteiger partial charge on any atom is -0.481 e.